The molecule has 68 valence electrons. The summed E-state index contributed by atoms with van der Waals surface area (Å²) < 4.78 is 4.69. The Morgan fingerprint density at radius 3 is 2.75 bits per heavy atom. The molecule has 1 unspecified atom stereocenters. The van der Waals surface area contributed by atoms with Gasteiger partial charge in [0.1, 0.15) is 6.10 Å². The summed E-state index contributed by atoms with van der Waals surface area (Å²) in [5, 5.41) is 9.94. The summed E-state index contributed by atoms with van der Waals surface area (Å²) in [7, 11) is 0. The van der Waals surface area contributed by atoms with E-state index in [0.717, 1.165) is 0 Å². The van der Waals surface area contributed by atoms with Crippen molar-refractivity contribution >= 4 is 5.97 Å². The summed E-state index contributed by atoms with van der Waals surface area (Å²) in [4.78, 5) is 19.9. The zero-order valence-electron chi connectivity index (χ0n) is 6.86. The van der Waals surface area contributed by atoms with Crippen molar-refractivity contribution < 1.29 is 14.5 Å². The van der Waals surface area contributed by atoms with Gasteiger partial charge in [-0.1, -0.05) is 12.7 Å². The zero-order valence-corrected chi connectivity index (χ0v) is 6.86. The second kappa shape index (κ2) is 5.29. The average molecular weight is 173 g/mol. The van der Waals surface area contributed by atoms with Crippen LogP contribution in [0.4, 0.5) is 0 Å². The van der Waals surface area contributed by atoms with Gasteiger partial charge >= 0.3 is 5.97 Å². The molecule has 0 radical (unpaired) electrons. The summed E-state index contributed by atoms with van der Waals surface area (Å²) in [5.41, 5.74) is 0. The van der Waals surface area contributed by atoms with Crippen LogP contribution >= 0.6 is 0 Å². The third kappa shape index (κ3) is 5.40. The van der Waals surface area contributed by atoms with E-state index >= 15 is 0 Å². The highest BCUT2D eigenvalue weighted by atomic mass is 16.6. The van der Waals surface area contributed by atoms with E-state index < -0.39 is 17.0 Å². The molecule has 0 fully saturated rings. The normalized spacial score (nSPS) is 11.8. The first-order valence-electron chi connectivity index (χ1n) is 3.48. The fourth-order valence-electron chi connectivity index (χ4n) is 0.671. The van der Waals surface area contributed by atoms with E-state index in [0.29, 0.717) is 0 Å². The van der Waals surface area contributed by atoms with Crippen molar-refractivity contribution in [1.82, 2.24) is 0 Å². The number of carbonyl (C=O) groups is 1. The number of nitrogens with zero attached hydrogens (tertiary/aromatic N) is 1. The molecule has 5 heteroatoms. The topological polar surface area (TPSA) is 69.4 Å². The standard InChI is InChI=1S/C7H11NO4/c1-3-7(12-6(2)9)4-5-8(10)11/h3,7H,1,4-5H2,2H3. The van der Waals surface area contributed by atoms with Crippen molar-refractivity contribution in [2.45, 2.75) is 19.4 Å². The van der Waals surface area contributed by atoms with Gasteiger partial charge in [0.05, 0.1) is 6.42 Å². The Kier molecular flexibility index (Phi) is 4.67. The first-order valence-corrected chi connectivity index (χ1v) is 3.48. The van der Waals surface area contributed by atoms with Crippen LogP contribution in [0.1, 0.15) is 13.3 Å². The molecule has 1 atom stereocenters. The molecule has 0 aromatic carbocycles. The van der Waals surface area contributed by atoms with Crippen LogP contribution in [0.25, 0.3) is 0 Å². The van der Waals surface area contributed by atoms with E-state index in [4.69, 9.17) is 0 Å². The minimum atomic E-state index is -0.548. The maximum atomic E-state index is 10.4. The highest BCUT2D eigenvalue weighted by Crippen LogP contribution is 1.99. The highest BCUT2D eigenvalue weighted by molar-refractivity contribution is 5.66. The number of esters is 1. The molecule has 0 heterocycles. The van der Waals surface area contributed by atoms with Crippen LogP contribution in [-0.2, 0) is 9.53 Å². The van der Waals surface area contributed by atoms with Crippen molar-refractivity contribution in [3.05, 3.63) is 22.8 Å². The monoisotopic (exact) mass is 173 g/mol. The number of hydrogen-bond donors (Lipinski definition) is 0. The van der Waals surface area contributed by atoms with Crippen molar-refractivity contribution in [2.24, 2.45) is 0 Å². The second-order valence-electron chi connectivity index (χ2n) is 2.23. The van der Waals surface area contributed by atoms with Crippen molar-refractivity contribution in [3.8, 4) is 0 Å². The minimum Gasteiger partial charge on any atom is -0.458 e. The van der Waals surface area contributed by atoms with Crippen molar-refractivity contribution in [3.63, 3.8) is 0 Å². The summed E-state index contributed by atoms with van der Waals surface area (Å²) >= 11 is 0. The molecule has 0 saturated carbocycles. The largest absolute Gasteiger partial charge is 0.458 e. The van der Waals surface area contributed by atoms with Gasteiger partial charge in [0.2, 0.25) is 6.54 Å². The Hall–Kier alpha value is -1.39. The Morgan fingerprint density at radius 1 is 1.83 bits per heavy atom. The Labute approximate surface area is 70.2 Å². The molecular formula is C7H11NO4. The third-order valence-corrected chi connectivity index (χ3v) is 1.18. The lowest BCUT2D eigenvalue weighted by Gasteiger charge is -2.09. The summed E-state index contributed by atoms with van der Waals surface area (Å²) in [6.07, 6.45) is 1.01. The van der Waals surface area contributed by atoms with Gasteiger partial charge in [-0.15, -0.1) is 0 Å². The van der Waals surface area contributed by atoms with Crippen LogP contribution in [-0.4, -0.2) is 23.5 Å². The predicted octanol–water partition coefficient (Wildman–Crippen LogP) is 0.771. The maximum absolute atomic E-state index is 10.4. The van der Waals surface area contributed by atoms with Gasteiger partial charge in [-0.3, -0.25) is 14.9 Å². The molecule has 0 saturated heterocycles. The van der Waals surface area contributed by atoms with Gasteiger partial charge in [0.25, 0.3) is 0 Å². The van der Waals surface area contributed by atoms with Gasteiger partial charge in [0, 0.05) is 11.8 Å². The van der Waals surface area contributed by atoms with Crippen LogP contribution in [0, 0.1) is 10.1 Å². The SMILES string of the molecule is C=CC(CC[N+](=O)[O-])OC(C)=O. The summed E-state index contributed by atoms with van der Waals surface area (Å²) in [5.74, 6) is -0.455. The molecule has 0 aliphatic rings. The van der Waals surface area contributed by atoms with E-state index in [-0.39, 0.29) is 13.0 Å². The van der Waals surface area contributed by atoms with Crippen LogP contribution in [0.15, 0.2) is 12.7 Å². The quantitative estimate of drug-likeness (QED) is 0.266. The Morgan fingerprint density at radius 2 is 2.42 bits per heavy atom. The summed E-state index contributed by atoms with van der Waals surface area (Å²) in [6.45, 7) is 4.43. The average Bonchev–Trinajstić information content (AvgIpc) is 1.97. The molecule has 5 nitrogen and oxygen atoms in total. The molecule has 0 aromatic rings. The van der Waals surface area contributed by atoms with Crippen LogP contribution in [0.2, 0.25) is 0 Å². The lowest BCUT2D eigenvalue weighted by Crippen LogP contribution is -2.17. The molecule has 0 aliphatic heterocycles. The molecule has 0 aromatic heterocycles. The molecule has 0 N–H and O–H groups in total. The maximum Gasteiger partial charge on any atom is 0.303 e. The first kappa shape index (κ1) is 10.6. The molecule has 0 spiro atoms. The van der Waals surface area contributed by atoms with Gasteiger partial charge in [-0.25, -0.2) is 0 Å². The van der Waals surface area contributed by atoms with Crippen LogP contribution < -0.4 is 0 Å². The van der Waals surface area contributed by atoms with E-state index in [2.05, 4.69) is 11.3 Å². The Balaban J connectivity index is 3.75. The van der Waals surface area contributed by atoms with Crippen molar-refractivity contribution in [2.75, 3.05) is 6.54 Å². The fourth-order valence-corrected chi connectivity index (χ4v) is 0.671. The highest BCUT2D eigenvalue weighted by Gasteiger charge is 2.10. The molecule has 0 rings (SSSR count). The van der Waals surface area contributed by atoms with Crippen molar-refractivity contribution in [1.29, 1.82) is 0 Å². The van der Waals surface area contributed by atoms with E-state index in [1.165, 1.54) is 13.0 Å². The van der Waals surface area contributed by atoms with Gasteiger partial charge in [0.15, 0.2) is 0 Å². The Bertz CT molecular complexity index is 190. The predicted molar refractivity (Wildman–Crippen MR) is 42.2 cm³/mol. The van der Waals surface area contributed by atoms with Gasteiger partial charge in [-0.05, 0) is 0 Å². The fraction of sp³-hybridized carbons (Fsp3) is 0.571. The molecule has 0 aliphatic carbocycles. The first-order chi connectivity index (χ1) is 5.56. The van der Waals surface area contributed by atoms with Crippen LogP contribution in [0.3, 0.4) is 0 Å². The molecule has 0 bridgehead atoms. The van der Waals surface area contributed by atoms with E-state index in [1.54, 1.807) is 0 Å². The third-order valence-electron chi connectivity index (χ3n) is 1.18. The minimum absolute atomic E-state index is 0.177. The number of nitro groups is 1. The zero-order chi connectivity index (χ0) is 9.56. The van der Waals surface area contributed by atoms with E-state index in [1.807, 2.05) is 0 Å². The number of carbonyl (C=O) groups excluding carboxylic acids is 1. The lowest BCUT2D eigenvalue weighted by molar-refractivity contribution is -0.481. The van der Waals surface area contributed by atoms with Gasteiger partial charge in [-0.2, -0.15) is 0 Å². The lowest BCUT2D eigenvalue weighted by atomic mass is 10.2. The van der Waals surface area contributed by atoms with Gasteiger partial charge < -0.3 is 4.74 Å². The summed E-state index contributed by atoms with van der Waals surface area (Å²) in [6, 6.07) is 0. The molecule has 12 heavy (non-hydrogen) atoms. The smallest absolute Gasteiger partial charge is 0.303 e. The molecule has 0 amide bonds. The number of rotatable bonds is 5. The second-order valence-corrected chi connectivity index (χ2v) is 2.23. The number of ether oxygens (including phenoxy) is 1. The molecular weight excluding hydrogens is 162 g/mol. The number of hydrogen-bond acceptors (Lipinski definition) is 4. The van der Waals surface area contributed by atoms with E-state index in [9.17, 15) is 14.9 Å². The van der Waals surface area contributed by atoms with Crippen LogP contribution in [0.5, 0.6) is 0 Å².